The maximum Gasteiger partial charge on any atom is 0.417 e. The monoisotopic (exact) mass is 1090 g/mol. The minimum atomic E-state index is -6.32. The van der Waals surface area contributed by atoms with E-state index in [1.165, 1.54) is 13.0 Å². The second-order valence-electron chi connectivity index (χ2n) is 16.0. The van der Waals surface area contributed by atoms with Crippen LogP contribution in [0.25, 0.3) is 11.1 Å². The summed E-state index contributed by atoms with van der Waals surface area (Å²) in [6.07, 6.45) is -23.7. The zero-order valence-electron chi connectivity index (χ0n) is 34.5. The smallest absolute Gasteiger partial charge is 0.322 e. The number of carbonyl (C=O) groups excluding carboxylic acids is 7. The van der Waals surface area contributed by atoms with Crippen LogP contribution in [0.2, 0.25) is 0 Å². The Hall–Kier alpha value is -6.92. The number of nitrogens with one attached hydrogen (secondary N) is 1. The van der Waals surface area contributed by atoms with Crippen LogP contribution in [0.15, 0.2) is 91.0 Å². The molecule has 356 valence electrons. The Labute approximate surface area is 392 Å². The zero-order chi connectivity index (χ0) is 50.8. The predicted molar refractivity (Wildman–Crippen MR) is 225 cm³/mol. The lowest BCUT2D eigenvalue weighted by Crippen LogP contribution is -2.55. The average molecular weight is 1090 g/mol. The number of imide groups is 2. The molecule has 1 unspecified atom stereocenters. The Morgan fingerprint density at radius 2 is 0.986 bits per heavy atom. The summed E-state index contributed by atoms with van der Waals surface area (Å²) in [4.78, 5) is 91.9. The SMILES string of the molecule is C[C@@H]1C(=O)c2cc(C(=O)Nc3ccc(-c4ccc(N5C(=O)c6ccc(C(c7ccc8c(c7)C(=O)N(C)C8=O)(C(F)(F)F)C(F)(F)F)cc6C5=O)cc4C(F)(F)F)c(C(F)(F)F)c3)cc(c2)C(=O)C1I. The molecule has 2 bridgehead atoms. The quantitative estimate of drug-likeness (QED) is 0.0773. The van der Waals surface area contributed by atoms with Crippen LogP contribution in [0.4, 0.5) is 64.1 Å². The van der Waals surface area contributed by atoms with Gasteiger partial charge in [0.25, 0.3) is 29.5 Å². The minimum absolute atomic E-state index is 0.0258. The van der Waals surface area contributed by atoms with E-state index in [9.17, 15) is 59.9 Å². The van der Waals surface area contributed by atoms with Crippen LogP contribution < -0.4 is 10.2 Å². The van der Waals surface area contributed by atoms with Gasteiger partial charge in [0.2, 0.25) is 5.41 Å². The molecule has 10 nitrogen and oxygen atoms in total. The molecule has 3 aliphatic rings. The number of hydrogen-bond donors (Lipinski definition) is 1. The van der Waals surface area contributed by atoms with Crippen LogP contribution >= 0.6 is 22.6 Å². The zero-order valence-corrected chi connectivity index (χ0v) is 36.6. The van der Waals surface area contributed by atoms with E-state index >= 15 is 26.3 Å². The molecule has 2 atom stereocenters. The molecule has 2 heterocycles. The van der Waals surface area contributed by atoms with Crippen LogP contribution in [0.3, 0.4) is 0 Å². The van der Waals surface area contributed by atoms with Crippen molar-refractivity contribution < 1.29 is 86.2 Å². The Kier molecular flexibility index (Phi) is 11.3. The first kappa shape index (κ1) is 48.5. The molecule has 8 rings (SSSR count). The van der Waals surface area contributed by atoms with Gasteiger partial charge < -0.3 is 5.32 Å². The van der Waals surface area contributed by atoms with Gasteiger partial charge in [0.15, 0.2) is 11.6 Å². The van der Waals surface area contributed by atoms with Crippen molar-refractivity contribution in [2.45, 2.75) is 41.0 Å². The van der Waals surface area contributed by atoms with Gasteiger partial charge >= 0.3 is 24.7 Å². The first-order valence-corrected chi connectivity index (χ1v) is 20.9. The number of nitrogens with zero attached hydrogens (tertiary/aromatic N) is 2. The van der Waals surface area contributed by atoms with Crippen molar-refractivity contribution in [3.8, 4) is 11.1 Å². The number of ketones is 2. The van der Waals surface area contributed by atoms with E-state index in [2.05, 4.69) is 5.32 Å². The van der Waals surface area contributed by atoms with Gasteiger partial charge in [-0.25, -0.2) is 4.90 Å². The van der Waals surface area contributed by atoms with E-state index < -0.39 is 148 Å². The lowest BCUT2D eigenvalue weighted by molar-refractivity contribution is -0.288. The molecule has 69 heavy (non-hydrogen) atoms. The summed E-state index contributed by atoms with van der Waals surface area (Å²) >= 11 is 1.77. The molecule has 23 heteroatoms. The predicted octanol–water partition coefficient (Wildman–Crippen LogP) is 10.9. The molecule has 0 fully saturated rings. The number of rotatable bonds is 6. The van der Waals surface area contributed by atoms with Crippen LogP contribution in [-0.4, -0.2) is 69.3 Å². The molecule has 0 aromatic heterocycles. The maximum absolute atomic E-state index is 15.1. The fraction of sp³-hybridized carbons (Fsp3) is 0.196. The summed E-state index contributed by atoms with van der Waals surface area (Å²) < 4.78 is 179. The highest BCUT2D eigenvalue weighted by Gasteiger charge is 2.73. The molecule has 2 aliphatic heterocycles. The summed E-state index contributed by atoms with van der Waals surface area (Å²) in [5, 5.41) is 2.17. The van der Waals surface area contributed by atoms with Gasteiger partial charge in [-0.05, 0) is 89.0 Å². The van der Waals surface area contributed by atoms with Crippen LogP contribution in [0.5, 0.6) is 0 Å². The number of hydrogen-bond acceptors (Lipinski definition) is 7. The third-order valence-electron chi connectivity index (χ3n) is 12.0. The molecule has 5 amide bonds. The normalized spacial score (nSPS) is 17.7. The summed E-state index contributed by atoms with van der Waals surface area (Å²) in [6, 6.07) is 8.00. The molecular weight excluding hydrogens is 1060 g/mol. The van der Waals surface area contributed by atoms with Gasteiger partial charge in [-0.1, -0.05) is 53.8 Å². The Morgan fingerprint density at radius 1 is 0.536 bits per heavy atom. The third-order valence-corrected chi connectivity index (χ3v) is 13.6. The fourth-order valence-corrected chi connectivity index (χ4v) is 9.23. The van der Waals surface area contributed by atoms with Crippen molar-refractivity contribution in [2.24, 2.45) is 5.92 Å². The first-order valence-electron chi connectivity index (χ1n) is 19.7. The Balaban J connectivity index is 1.17. The van der Waals surface area contributed by atoms with E-state index in [0.29, 0.717) is 47.4 Å². The molecule has 5 aromatic rings. The third kappa shape index (κ3) is 7.64. The Bertz CT molecular complexity index is 3110. The van der Waals surface area contributed by atoms with Crippen molar-refractivity contribution in [3.05, 3.63) is 152 Å². The molecule has 0 radical (unpaired) electrons. The number of halogens is 13. The fourth-order valence-electron chi connectivity index (χ4n) is 8.55. The van der Waals surface area contributed by atoms with Crippen LogP contribution in [0, 0.1) is 5.92 Å². The molecule has 1 N–H and O–H groups in total. The maximum atomic E-state index is 15.1. The van der Waals surface area contributed by atoms with Gasteiger partial charge in [0, 0.05) is 35.3 Å². The van der Waals surface area contributed by atoms with Crippen molar-refractivity contribution in [2.75, 3.05) is 17.3 Å². The highest BCUT2D eigenvalue weighted by atomic mass is 127. The molecular formula is C46H24F12IN3O7. The summed E-state index contributed by atoms with van der Waals surface area (Å²) in [5.41, 5.74) is -19.7. The molecule has 0 saturated carbocycles. The number of amides is 5. The van der Waals surface area contributed by atoms with Crippen molar-refractivity contribution >= 4 is 75.1 Å². The standard InChI is InChI=1S/C46H24F12IN3O7/c1-18-34(59)36(64)20-11-19(35(18)63)12-21(13-20)37(65)60-24-5-9-26(32(16-24)43(47,48)49)27-10-6-25(17-33(27)44(50,51)52)62-40(68)29-8-4-23(15-31(29)41(62)69)42(45(53,54)55,46(56,57)58)22-3-7-28-30(14-22)39(67)61(2)38(28)66/h3-18,34H,1-2H3,(H,60,65)/t18-,34?/m0/s1. The minimum Gasteiger partial charge on any atom is -0.322 e. The molecule has 0 spiro atoms. The summed E-state index contributed by atoms with van der Waals surface area (Å²) in [6.45, 7) is 1.50. The van der Waals surface area contributed by atoms with Crippen LogP contribution in [0.1, 0.15) is 102 Å². The van der Waals surface area contributed by atoms with E-state index in [0.717, 1.165) is 25.2 Å². The number of benzene rings is 5. The number of anilines is 2. The number of carbonyl (C=O) groups is 7. The molecule has 1 aliphatic carbocycles. The van der Waals surface area contributed by atoms with Gasteiger partial charge in [0.05, 0.1) is 43.0 Å². The van der Waals surface area contributed by atoms with Gasteiger partial charge in [-0.3, -0.25) is 38.5 Å². The highest BCUT2D eigenvalue weighted by Crippen LogP contribution is 2.57. The van der Waals surface area contributed by atoms with Gasteiger partial charge in [0.1, 0.15) is 0 Å². The second kappa shape index (κ2) is 16.1. The van der Waals surface area contributed by atoms with E-state index in [4.69, 9.17) is 0 Å². The first-order chi connectivity index (χ1) is 31.9. The molecule has 5 aromatic carbocycles. The van der Waals surface area contributed by atoms with E-state index in [-0.39, 0.29) is 45.9 Å². The lowest BCUT2D eigenvalue weighted by Gasteiger charge is -2.38. The van der Waals surface area contributed by atoms with Crippen molar-refractivity contribution in [1.82, 2.24) is 4.90 Å². The lowest BCUT2D eigenvalue weighted by atomic mass is 9.71. The highest BCUT2D eigenvalue weighted by molar-refractivity contribution is 14.1. The molecule has 0 saturated heterocycles. The van der Waals surface area contributed by atoms with Crippen molar-refractivity contribution in [3.63, 3.8) is 0 Å². The average Bonchev–Trinajstić information content (AvgIpc) is 3.63. The largest absolute Gasteiger partial charge is 0.417 e. The van der Waals surface area contributed by atoms with Gasteiger partial charge in [-0.2, -0.15) is 52.7 Å². The summed E-state index contributed by atoms with van der Waals surface area (Å²) in [7, 11) is 0.933. The van der Waals surface area contributed by atoms with Crippen molar-refractivity contribution in [1.29, 1.82) is 0 Å². The van der Waals surface area contributed by atoms with E-state index in [1.807, 2.05) is 0 Å². The van der Waals surface area contributed by atoms with Gasteiger partial charge in [-0.15, -0.1) is 0 Å². The Morgan fingerprint density at radius 3 is 1.52 bits per heavy atom. The summed E-state index contributed by atoms with van der Waals surface area (Å²) in [5.74, 6) is -8.38. The number of Topliss-reactive ketones (excluding diaryl/α,β-unsaturated/α-hetero) is 2. The number of fused-ring (bicyclic) bond motifs is 4. The topological polar surface area (TPSA) is 138 Å². The second-order valence-corrected chi connectivity index (χ2v) is 17.4. The van der Waals surface area contributed by atoms with Crippen LogP contribution in [-0.2, 0) is 17.8 Å². The number of alkyl halides is 13. The van der Waals surface area contributed by atoms with E-state index in [1.54, 1.807) is 22.6 Å².